The molecule has 21 heavy (non-hydrogen) atoms. The van der Waals surface area contributed by atoms with E-state index in [1.54, 1.807) is 0 Å². The van der Waals surface area contributed by atoms with Gasteiger partial charge in [-0.2, -0.15) is 0 Å². The van der Waals surface area contributed by atoms with Crippen LogP contribution >= 0.6 is 0 Å². The molecule has 0 aromatic carbocycles. The summed E-state index contributed by atoms with van der Waals surface area (Å²) in [5.41, 5.74) is 0. The Labute approximate surface area is 128 Å². The van der Waals surface area contributed by atoms with Gasteiger partial charge in [-0.05, 0) is 39.7 Å². The van der Waals surface area contributed by atoms with Gasteiger partial charge in [0.25, 0.3) is 0 Å². The minimum atomic E-state index is -0.756. The lowest BCUT2D eigenvalue weighted by atomic mass is 9.97. The van der Waals surface area contributed by atoms with Gasteiger partial charge < -0.3 is 20.6 Å². The SMILES string of the molecule is CCC(CCNC(=O)NCCN(C)C(C)C)CCC(=O)O. The predicted molar refractivity (Wildman–Crippen MR) is 84.4 cm³/mol. The van der Waals surface area contributed by atoms with Crippen LogP contribution in [-0.2, 0) is 4.79 Å². The quantitative estimate of drug-likeness (QED) is 0.544. The molecule has 0 rings (SSSR count). The molecular formula is C15H31N3O3. The molecule has 6 heteroatoms. The summed E-state index contributed by atoms with van der Waals surface area (Å²) in [6.45, 7) is 8.31. The van der Waals surface area contributed by atoms with Crippen molar-refractivity contribution in [2.45, 2.75) is 52.5 Å². The molecule has 1 atom stereocenters. The number of nitrogens with zero attached hydrogens (tertiary/aromatic N) is 1. The molecule has 0 aromatic rings. The number of amides is 2. The first-order valence-electron chi connectivity index (χ1n) is 7.80. The fourth-order valence-corrected chi connectivity index (χ4v) is 1.94. The van der Waals surface area contributed by atoms with Crippen LogP contribution in [0.5, 0.6) is 0 Å². The number of rotatable bonds is 11. The minimum Gasteiger partial charge on any atom is -0.481 e. The molecule has 0 aliphatic heterocycles. The molecule has 0 heterocycles. The van der Waals surface area contributed by atoms with E-state index in [4.69, 9.17) is 5.11 Å². The molecule has 2 amide bonds. The van der Waals surface area contributed by atoms with Crippen LogP contribution in [0.1, 0.15) is 46.5 Å². The Hall–Kier alpha value is -1.30. The van der Waals surface area contributed by atoms with E-state index in [0.717, 1.165) is 19.4 Å². The number of hydrogen-bond donors (Lipinski definition) is 3. The molecule has 3 N–H and O–H groups in total. The van der Waals surface area contributed by atoms with Gasteiger partial charge in [0.15, 0.2) is 0 Å². The summed E-state index contributed by atoms with van der Waals surface area (Å²) in [6.07, 6.45) is 2.64. The Morgan fingerprint density at radius 3 is 2.29 bits per heavy atom. The maximum atomic E-state index is 11.6. The Bertz CT molecular complexity index is 309. The van der Waals surface area contributed by atoms with E-state index < -0.39 is 5.97 Å². The van der Waals surface area contributed by atoms with Crippen LogP contribution in [0.15, 0.2) is 0 Å². The van der Waals surface area contributed by atoms with Crippen LogP contribution in [0, 0.1) is 5.92 Å². The Balaban J connectivity index is 3.70. The van der Waals surface area contributed by atoms with Gasteiger partial charge in [0.2, 0.25) is 0 Å². The van der Waals surface area contributed by atoms with E-state index in [2.05, 4.69) is 29.4 Å². The van der Waals surface area contributed by atoms with Crippen LogP contribution in [0.2, 0.25) is 0 Å². The lowest BCUT2D eigenvalue weighted by Gasteiger charge is -2.21. The van der Waals surface area contributed by atoms with E-state index in [-0.39, 0.29) is 12.5 Å². The standard InChI is InChI=1S/C15H31N3O3/c1-5-13(6-7-14(19)20)8-9-16-15(21)17-10-11-18(4)12(2)3/h12-13H,5-11H2,1-4H3,(H,19,20)(H2,16,17,21). The molecule has 0 aromatic heterocycles. The van der Waals surface area contributed by atoms with E-state index in [1.165, 1.54) is 0 Å². The summed E-state index contributed by atoms with van der Waals surface area (Å²) in [5.74, 6) is -0.401. The monoisotopic (exact) mass is 301 g/mol. The maximum Gasteiger partial charge on any atom is 0.314 e. The summed E-state index contributed by atoms with van der Waals surface area (Å²) < 4.78 is 0. The predicted octanol–water partition coefficient (Wildman–Crippen LogP) is 1.91. The molecule has 0 fully saturated rings. The molecule has 6 nitrogen and oxygen atoms in total. The Morgan fingerprint density at radius 1 is 1.14 bits per heavy atom. The van der Waals surface area contributed by atoms with Gasteiger partial charge in [-0.25, -0.2) is 4.79 Å². The highest BCUT2D eigenvalue weighted by molar-refractivity contribution is 5.73. The smallest absolute Gasteiger partial charge is 0.314 e. The van der Waals surface area contributed by atoms with Crippen molar-refractivity contribution in [3.63, 3.8) is 0 Å². The molecule has 0 saturated carbocycles. The lowest BCUT2D eigenvalue weighted by molar-refractivity contribution is -0.137. The number of urea groups is 1. The molecule has 124 valence electrons. The zero-order valence-electron chi connectivity index (χ0n) is 13.8. The van der Waals surface area contributed by atoms with Gasteiger partial charge in [0.05, 0.1) is 0 Å². The fourth-order valence-electron chi connectivity index (χ4n) is 1.94. The summed E-state index contributed by atoms with van der Waals surface area (Å²) in [5, 5.41) is 14.3. The van der Waals surface area contributed by atoms with Crippen LogP contribution < -0.4 is 10.6 Å². The molecule has 0 aliphatic rings. The second kappa shape index (κ2) is 11.4. The van der Waals surface area contributed by atoms with Crippen molar-refractivity contribution in [1.29, 1.82) is 0 Å². The number of nitrogens with one attached hydrogen (secondary N) is 2. The average molecular weight is 301 g/mol. The first-order chi connectivity index (χ1) is 9.86. The third kappa shape index (κ3) is 11.1. The highest BCUT2D eigenvalue weighted by Gasteiger charge is 2.09. The van der Waals surface area contributed by atoms with Crippen molar-refractivity contribution in [2.24, 2.45) is 5.92 Å². The molecule has 1 unspecified atom stereocenters. The van der Waals surface area contributed by atoms with E-state index in [0.29, 0.717) is 31.5 Å². The molecule has 0 saturated heterocycles. The molecule has 0 spiro atoms. The molecule has 0 aliphatic carbocycles. The summed E-state index contributed by atoms with van der Waals surface area (Å²) >= 11 is 0. The van der Waals surface area contributed by atoms with Crippen LogP contribution in [0.4, 0.5) is 4.79 Å². The second-order valence-electron chi connectivity index (χ2n) is 5.75. The van der Waals surface area contributed by atoms with E-state index in [1.807, 2.05) is 14.0 Å². The van der Waals surface area contributed by atoms with Crippen molar-refractivity contribution in [3.05, 3.63) is 0 Å². The summed E-state index contributed by atoms with van der Waals surface area (Å²) in [6, 6.07) is 0.314. The van der Waals surface area contributed by atoms with Gasteiger partial charge in [0, 0.05) is 32.1 Å². The highest BCUT2D eigenvalue weighted by atomic mass is 16.4. The van der Waals surface area contributed by atoms with Gasteiger partial charge in [-0.15, -0.1) is 0 Å². The third-order valence-electron chi connectivity index (χ3n) is 3.81. The number of hydrogen-bond acceptors (Lipinski definition) is 3. The van der Waals surface area contributed by atoms with Gasteiger partial charge >= 0.3 is 12.0 Å². The Morgan fingerprint density at radius 2 is 1.76 bits per heavy atom. The number of aliphatic carboxylic acids is 1. The normalized spacial score (nSPS) is 12.5. The van der Waals surface area contributed by atoms with Crippen molar-refractivity contribution in [2.75, 3.05) is 26.7 Å². The highest BCUT2D eigenvalue weighted by Crippen LogP contribution is 2.14. The van der Waals surface area contributed by atoms with Crippen molar-refractivity contribution < 1.29 is 14.7 Å². The zero-order valence-corrected chi connectivity index (χ0v) is 13.8. The number of likely N-dealkylation sites (N-methyl/N-ethyl adjacent to an activating group) is 1. The minimum absolute atomic E-state index is 0.153. The first kappa shape index (κ1) is 19.7. The number of carboxylic acid groups (broad SMARTS) is 1. The van der Waals surface area contributed by atoms with Gasteiger partial charge in [0.1, 0.15) is 0 Å². The number of carboxylic acids is 1. The maximum absolute atomic E-state index is 11.6. The van der Waals surface area contributed by atoms with E-state index in [9.17, 15) is 9.59 Å². The molecular weight excluding hydrogens is 270 g/mol. The first-order valence-corrected chi connectivity index (χ1v) is 7.80. The Kier molecular flexibility index (Phi) is 10.7. The lowest BCUT2D eigenvalue weighted by Crippen LogP contribution is -2.41. The van der Waals surface area contributed by atoms with Crippen molar-refractivity contribution in [1.82, 2.24) is 15.5 Å². The number of carbonyl (C=O) groups excluding carboxylic acids is 1. The zero-order chi connectivity index (χ0) is 16.3. The molecule has 0 radical (unpaired) electrons. The van der Waals surface area contributed by atoms with Gasteiger partial charge in [-0.3, -0.25) is 4.79 Å². The number of carbonyl (C=O) groups is 2. The summed E-state index contributed by atoms with van der Waals surface area (Å²) in [4.78, 5) is 24.3. The summed E-state index contributed by atoms with van der Waals surface area (Å²) in [7, 11) is 2.03. The molecule has 0 bridgehead atoms. The third-order valence-corrected chi connectivity index (χ3v) is 3.81. The van der Waals surface area contributed by atoms with Crippen LogP contribution in [-0.4, -0.2) is 54.7 Å². The fraction of sp³-hybridized carbons (Fsp3) is 0.867. The second-order valence-corrected chi connectivity index (χ2v) is 5.75. The van der Waals surface area contributed by atoms with Crippen LogP contribution in [0.25, 0.3) is 0 Å². The van der Waals surface area contributed by atoms with Crippen molar-refractivity contribution in [3.8, 4) is 0 Å². The average Bonchev–Trinajstić information content (AvgIpc) is 2.41. The van der Waals surface area contributed by atoms with Crippen LogP contribution in [0.3, 0.4) is 0 Å². The topological polar surface area (TPSA) is 81.7 Å². The van der Waals surface area contributed by atoms with Gasteiger partial charge in [-0.1, -0.05) is 13.3 Å². The van der Waals surface area contributed by atoms with Crippen molar-refractivity contribution >= 4 is 12.0 Å². The van der Waals surface area contributed by atoms with E-state index >= 15 is 0 Å². The largest absolute Gasteiger partial charge is 0.481 e.